The fourth-order valence-electron chi connectivity index (χ4n) is 4.50. The predicted octanol–water partition coefficient (Wildman–Crippen LogP) is 5.00. The lowest BCUT2D eigenvalue weighted by Crippen LogP contribution is -2.20. The van der Waals surface area contributed by atoms with E-state index in [-0.39, 0.29) is 5.91 Å². The largest absolute Gasteiger partial charge is 0.361 e. The van der Waals surface area contributed by atoms with Gasteiger partial charge in [-0.2, -0.15) is 0 Å². The monoisotopic (exact) mass is 447 g/mol. The number of halogens is 1. The van der Waals surface area contributed by atoms with Gasteiger partial charge < -0.3 is 14.9 Å². The van der Waals surface area contributed by atoms with Crippen molar-refractivity contribution in [1.82, 2.24) is 14.9 Å². The minimum absolute atomic E-state index is 0.265. The normalized spacial score (nSPS) is 11.7. The molecule has 0 bridgehead atoms. The highest BCUT2D eigenvalue weighted by Gasteiger charge is 2.25. The molecule has 0 aliphatic heterocycles. The third-order valence-electron chi connectivity index (χ3n) is 5.62. The summed E-state index contributed by atoms with van der Waals surface area (Å²) in [6.07, 6.45) is 2.68. The van der Waals surface area contributed by atoms with Crippen molar-refractivity contribution in [2.45, 2.75) is 6.54 Å². The topological polar surface area (TPSA) is 66.9 Å². The third kappa shape index (κ3) is 2.39. The van der Waals surface area contributed by atoms with Crippen molar-refractivity contribution in [3.05, 3.63) is 59.8 Å². The number of aromatic amines is 1. The number of carbonyl (C=O) groups is 2. The summed E-state index contributed by atoms with van der Waals surface area (Å²) < 4.78 is 2.23. The molecule has 0 saturated heterocycles. The van der Waals surface area contributed by atoms with E-state index in [2.05, 4.69) is 49.0 Å². The summed E-state index contributed by atoms with van der Waals surface area (Å²) in [5.41, 5.74) is 3.74. The minimum Gasteiger partial charge on any atom is -0.361 e. The number of hydrogen-bond acceptors (Lipinski definition) is 2. The van der Waals surface area contributed by atoms with Crippen molar-refractivity contribution >= 4 is 71.6 Å². The van der Waals surface area contributed by atoms with E-state index in [1.54, 1.807) is 7.05 Å². The maximum atomic E-state index is 13.0. The van der Waals surface area contributed by atoms with Gasteiger partial charge in [-0.3, -0.25) is 9.59 Å². The highest BCUT2D eigenvalue weighted by molar-refractivity contribution is 9.09. The van der Waals surface area contributed by atoms with E-state index in [1.165, 1.54) is 0 Å². The molecule has 5 rings (SSSR count). The molecule has 0 unspecified atom stereocenters. The third-order valence-corrected chi connectivity index (χ3v) is 5.98. The molecule has 2 aromatic heterocycles. The number of aromatic nitrogens is 2. The number of nitrogens with zero attached hydrogens (tertiary/aromatic N) is 1. The van der Waals surface area contributed by atoms with Crippen LogP contribution in [0, 0.1) is 0 Å². The molecule has 0 saturated carbocycles. The summed E-state index contributed by atoms with van der Waals surface area (Å²) in [7, 11) is 1.59. The first-order valence-electron chi connectivity index (χ1n) is 9.41. The average Bonchev–Trinajstić information content (AvgIpc) is 3.36. The minimum atomic E-state index is -0.265. The summed E-state index contributed by atoms with van der Waals surface area (Å²) in [5, 5.41) is 8.04. The van der Waals surface area contributed by atoms with Crippen LogP contribution in [-0.4, -0.2) is 34.1 Å². The SMILES string of the molecule is CNC(=O)c1c(C=O)c2c3ccccc3n(CCBr)c2c2ccc3cc[nH]c3c12. The summed E-state index contributed by atoms with van der Waals surface area (Å²) in [4.78, 5) is 28.6. The zero-order chi connectivity index (χ0) is 20.1. The van der Waals surface area contributed by atoms with Gasteiger partial charge in [-0.05, 0) is 12.1 Å². The van der Waals surface area contributed by atoms with E-state index < -0.39 is 0 Å². The molecule has 3 aromatic carbocycles. The lowest BCUT2D eigenvalue weighted by Gasteiger charge is -2.14. The Labute approximate surface area is 174 Å². The quantitative estimate of drug-likeness (QED) is 0.300. The molecule has 2 N–H and O–H groups in total. The Hall–Kier alpha value is -3.12. The van der Waals surface area contributed by atoms with Crippen LogP contribution < -0.4 is 5.32 Å². The van der Waals surface area contributed by atoms with Gasteiger partial charge in [0.2, 0.25) is 0 Å². The lowest BCUT2D eigenvalue weighted by atomic mass is 9.92. The van der Waals surface area contributed by atoms with Gasteiger partial charge in [-0.25, -0.2) is 0 Å². The van der Waals surface area contributed by atoms with Crippen LogP contribution in [-0.2, 0) is 6.54 Å². The van der Waals surface area contributed by atoms with Gasteiger partial charge in [0.1, 0.15) is 0 Å². The Morgan fingerprint density at radius 3 is 2.72 bits per heavy atom. The number of amides is 1. The first-order chi connectivity index (χ1) is 14.2. The molecule has 5 aromatic rings. The second-order valence-electron chi connectivity index (χ2n) is 7.00. The molecule has 1 amide bonds. The standard InChI is InChI=1S/C23H18BrN3O2/c1-25-23(29)20-16(12-28)18-14-4-2-3-5-17(14)27(11-9-24)22(18)15-7-6-13-8-10-26-21(13)19(15)20/h2-8,10,12,26H,9,11H2,1H3,(H,25,29). The first-order valence-corrected chi connectivity index (χ1v) is 10.5. The average molecular weight is 448 g/mol. The van der Waals surface area contributed by atoms with Gasteiger partial charge in [0.15, 0.2) is 6.29 Å². The predicted molar refractivity (Wildman–Crippen MR) is 121 cm³/mol. The number of aldehydes is 1. The number of fused-ring (bicyclic) bond motifs is 7. The Morgan fingerprint density at radius 1 is 1.14 bits per heavy atom. The lowest BCUT2D eigenvalue weighted by molar-refractivity contribution is 0.0959. The second kappa shape index (κ2) is 6.74. The van der Waals surface area contributed by atoms with E-state index in [9.17, 15) is 9.59 Å². The number of benzene rings is 3. The zero-order valence-electron chi connectivity index (χ0n) is 15.8. The molecule has 0 spiro atoms. The summed E-state index contributed by atoms with van der Waals surface area (Å²) in [5.74, 6) is -0.265. The zero-order valence-corrected chi connectivity index (χ0v) is 17.3. The molecule has 29 heavy (non-hydrogen) atoms. The Kier molecular flexibility index (Phi) is 4.17. The van der Waals surface area contributed by atoms with Crippen LogP contribution in [0.3, 0.4) is 0 Å². The van der Waals surface area contributed by atoms with Crippen LogP contribution in [0.4, 0.5) is 0 Å². The van der Waals surface area contributed by atoms with Crippen molar-refractivity contribution in [3.63, 3.8) is 0 Å². The maximum Gasteiger partial charge on any atom is 0.252 e. The van der Waals surface area contributed by atoms with Crippen LogP contribution in [0.25, 0.3) is 43.5 Å². The molecular weight excluding hydrogens is 430 g/mol. The van der Waals surface area contributed by atoms with E-state index in [1.807, 2.05) is 30.5 Å². The first kappa shape index (κ1) is 17.9. The second-order valence-corrected chi connectivity index (χ2v) is 7.79. The number of hydrogen-bond donors (Lipinski definition) is 2. The van der Waals surface area contributed by atoms with Crippen LogP contribution in [0.15, 0.2) is 48.7 Å². The van der Waals surface area contributed by atoms with Crippen LogP contribution >= 0.6 is 15.9 Å². The summed E-state index contributed by atoms with van der Waals surface area (Å²) >= 11 is 3.56. The highest BCUT2D eigenvalue weighted by atomic mass is 79.9. The van der Waals surface area contributed by atoms with Gasteiger partial charge in [0, 0.05) is 63.1 Å². The number of alkyl halides is 1. The number of rotatable bonds is 4. The van der Waals surface area contributed by atoms with Crippen molar-refractivity contribution < 1.29 is 9.59 Å². The number of H-pyrrole nitrogens is 1. The van der Waals surface area contributed by atoms with Crippen LogP contribution in [0.1, 0.15) is 20.7 Å². The molecule has 0 aliphatic carbocycles. The molecule has 2 heterocycles. The molecule has 0 atom stereocenters. The number of carbonyl (C=O) groups excluding carboxylic acids is 2. The van der Waals surface area contributed by atoms with Crippen LogP contribution in [0.2, 0.25) is 0 Å². The van der Waals surface area contributed by atoms with Crippen molar-refractivity contribution in [2.24, 2.45) is 0 Å². The summed E-state index contributed by atoms with van der Waals surface area (Å²) in [6, 6.07) is 14.1. The molecule has 5 nitrogen and oxygen atoms in total. The van der Waals surface area contributed by atoms with Crippen molar-refractivity contribution in [1.29, 1.82) is 0 Å². The highest BCUT2D eigenvalue weighted by Crippen LogP contribution is 2.41. The van der Waals surface area contributed by atoms with E-state index >= 15 is 0 Å². The van der Waals surface area contributed by atoms with Gasteiger partial charge in [-0.1, -0.05) is 46.3 Å². The van der Waals surface area contributed by atoms with Gasteiger partial charge in [0.05, 0.1) is 16.6 Å². The number of para-hydroxylation sites is 1. The van der Waals surface area contributed by atoms with E-state index in [0.717, 1.165) is 61.6 Å². The number of aryl methyl sites for hydroxylation is 1. The molecule has 6 heteroatoms. The fraction of sp³-hybridized carbons (Fsp3) is 0.130. The Balaban J connectivity index is 2.18. The van der Waals surface area contributed by atoms with Gasteiger partial charge in [-0.15, -0.1) is 0 Å². The smallest absolute Gasteiger partial charge is 0.252 e. The molecule has 144 valence electrons. The number of nitrogens with one attached hydrogen (secondary N) is 2. The van der Waals surface area contributed by atoms with Crippen LogP contribution in [0.5, 0.6) is 0 Å². The maximum absolute atomic E-state index is 13.0. The van der Waals surface area contributed by atoms with E-state index in [4.69, 9.17) is 0 Å². The van der Waals surface area contributed by atoms with E-state index in [0.29, 0.717) is 11.1 Å². The molecule has 0 aliphatic rings. The van der Waals surface area contributed by atoms with Crippen molar-refractivity contribution in [3.8, 4) is 0 Å². The Bertz CT molecular complexity index is 1450. The van der Waals surface area contributed by atoms with Gasteiger partial charge >= 0.3 is 0 Å². The molecular formula is C23H18BrN3O2. The molecule has 0 radical (unpaired) electrons. The Morgan fingerprint density at radius 2 is 1.97 bits per heavy atom. The molecule has 0 fully saturated rings. The van der Waals surface area contributed by atoms with Crippen molar-refractivity contribution in [2.75, 3.05) is 12.4 Å². The summed E-state index contributed by atoms with van der Waals surface area (Å²) in [6.45, 7) is 0.749. The fourth-order valence-corrected chi connectivity index (χ4v) is 4.85. The van der Waals surface area contributed by atoms with Gasteiger partial charge in [0.25, 0.3) is 5.91 Å².